The van der Waals surface area contributed by atoms with E-state index in [-0.39, 0.29) is 5.41 Å². The predicted octanol–water partition coefficient (Wildman–Crippen LogP) is 5.08. The van der Waals surface area contributed by atoms with Crippen molar-refractivity contribution in [2.24, 2.45) is 11.3 Å². The van der Waals surface area contributed by atoms with Gasteiger partial charge >= 0.3 is 0 Å². The minimum Gasteiger partial charge on any atom is -0.0648 e. The fourth-order valence-electron chi connectivity index (χ4n) is 2.82. The lowest BCUT2D eigenvalue weighted by Gasteiger charge is -2.31. The van der Waals surface area contributed by atoms with Crippen LogP contribution in [0.2, 0.25) is 0 Å². The number of benzene rings is 1. The molecule has 0 bridgehead atoms. The van der Waals surface area contributed by atoms with Crippen LogP contribution in [-0.4, -0.2) is 0 Å². The summed E-state index contributed by atoms with van der Waals surface area (Å²) >= 11 is 0. The topological polar surface area (TPSA) is 0 Å². The summed E-state index contributed by atoms with van der Waals surface area (Å²) < 4.78 is 0. The third-order valence-corrected chi connectivity index (χ3v) is 4.05. The summed E-state index contributed by atoms with van der Waals surface area (Å²) in [5.74, 6) is 0.669. The van der Waals surface area contributed by atoms with Crippen molar-refractivity contribution in [1.82, 2.24) is 0 Å². The van der Waals surface area contributed by atoms with E-state index in [0.29, 0.717) is 5.92 Å². The average Bonchev–Trinajstić information content (AvgIpc) is 2.65. The highest BCUT2D eigenvalue weighted by Crippen LogP contribution is 2.48. The van der Waals surface area contributed by atoms with E-state index in [1.165, 1.54) is 17.6 Å². The summed E-state index contributed by atoms with van der Waals surface area (Å²) in [5.41, 5.74) is 4.55. The number of rotatable bonds is 3. The second-order valence-electron chi connectivity index (χ2n) is 5.50. The Kier molecular flexibility index (Phi) is 3.24. The molecule has 0 spiro atoms. The molecule has 1 aliphatic rings. The third-order valence-electron chi connectivity index (χ3n) is 4.05. The van der Waals surface area contributed by atoms with Crippen molar-refractivity contribution in [3.05, 3.63) is 53.6 Å². The van der Waals surface area contributed by atoms with Gasteiger partial charge in [0.2, 0.25) is 0 Å². The van der Waals surface area contributed by atoms with Gasteiger partial charge in [0.05, 0.1) is 0 Å². The summed E-state index contributed by atoms with van der Waals surface area (Å²) in [6.07, 6.45) is 5.85. The predicted molar refractivity (Wildman–Crippen MR) is 75.7 cm³/mol. The lowest BCUT2D eigenvalue weighted by molar-refractivity contribution is 0.499. The molecule has 90 valence electrons. The zero-order valence-electron chi connectivity index (χ0n) is 11.3. The monoisotopic (exact) mass is 226 g/mol. The van der Waals surface area contributed by atoms with Crippen molar-refractivity contribution in [2.75, 3.05) is 0 Å². The summed E-state index contributed by atoms with van der Waals surface area (Å²) in [4.78, 5) is 0. The van der Waals surface area contributed by atoms with E-state index >= 15 is 0 Å². The first-order valence-corrected chi connectivity index (χ1v) is 6.55. The van der Waals surface area contributed by atoms with E-state index in [0.717, 1.165) is 0 Å². The molecule has 0 saturated heterocycles. The van der Waals surface area contributed by atoms with Crippen molar-refractivity contribution in [3.63, 3.8) is 0 Å². The van der Waals surface area contributed by atoms with Gasteiger partial charge in [0.15, 0.2) is 0 Å². The molecule has 0 N–H and O–H groups in total. The van der Waals surface area contributed by atoms with Crippen LogP contribution in [0.25, 0.3) is 5.57 Å². The van der Waals surface area contributed by atoms with Crippen LogP contribution in [0.15, 0.2) is 48.1 Å². The molecule has 1 aromatic carbocycles. The first kappa shape index (κ1) is 12.2. The SMILES string of the molecule is CCC(C)C1=CC=C(c2ccccc2)C1(C)C. The van der Waals surface area contributed by atoms with E-state index in [9.17, 15) is 0 Å². The largest absolute Gasteiger partial charge is 0.0648 e. The molecule has 0 amide bonds. The maximum absolute atomic E-state index is 2.34. The van der Waals surface area contributed by atoms with Crippen LogP contribution in [0.4, 0.5) is 0 Å². The summed E-state index contributed by atoms with van der Waals surface area (Å²) in [6.45, 7) is 9.28. The summed E-state index contributed by atoms with van der Waals surface area (Å²) in [7, 11) is 0. The first-order valence-electron chi connectivity index (χ1n) is 6.55. The van der Waals surface area contributed by atoms with Gasteiger partial charge in [-0.2, -0.15) is 0 Å². The Morgan fingerprint density at radius 2 is 1.71 bits per heavy atom. The highest BCUT2D eigenvalue weighted by atomic mass is 14.4. The van der Waals surface area contributed by atoms with E-state index in [2.05, 4.69) is 70.2 Å². The van der Waals surface area contributed by atoms with Gasteiger partial charge in [-0.05, 0) is 23.5 Å². The Balaban J connectivity index is 2.32. The Bertz CT molecular complexity index is 446. The normalized spacial score (nSPS) is 19.8. The molecule has 2 rings (SSSR count). The van der Waals surface area contributed by atoms with E-state index in [1.807, 2.05) is 0 Å². The minimum atomic E-state index is 0.177. The van der Waals surface area contributed by atoms with Gasteiger partial charge in [-0.3, -0.25) is 0 Å². The van der Waals surface area contributed by atoms with Gasteiger partial charge in [-0.1, -0.05) is 75.8 Å². The van der Waals surface area contributed by atoms with Crippen LogP contribution in [-0.2, 0) is 0 Å². The van der Waals surface area contributed by atoms with Crippen molar-refractivity contribution < 1.29 is 0 Å². The van der Waals surface area contributed by atoms with Crippen LogP contribution in [0.1, 0.15) is 39.7 Å². The Labute approximate surface area is 105 Å². The van der Waals surface area contributed by atoms with Gasteiger partial charge in [0.25, 0.3) is 0 Å². The Morgan fingerprint density at radius 3 is 2.29 bits per heavy atom. The maximum atomic E-state index is 2.34. The second kappa shape index (κ2) is 4.52. The lowest BCUT2D eigenvalue weighted by atomic mass is 9.73. The zero-order chi connectivity index (χ0) is 12.5. The molecule has 0 nitrogen and oxygen atoms in total. The van der Waals surface area contributed by atoms with Crippen LogP contribution in [0.3, 0.4) is 0 Å². The first-order chi connectivity index (χ1) is 8.07. The molecule has 1 aromatic rings. The van der Waals surface area contributed by atoms with Crippen LogP contribution in [0.5, 0.6) is 0 Å². The standard InChI is InChI=1S/C17H22/c1-5-13(2)15-11-12-16(17(15,3)4)14-9-7-6-8-10-14/h6-13H,5H2,1-4H3. The number of hydrogen-bond donors (Lipinski definition) is 0. The minimum absolute atomic E-state index is 0.177. The molecule has 1 atom stereocenters. The molecule has 0 aromatic heterocycles. The molecule has 0 saturated carbocycles. The molecule has 0 fully saturated rings. The second-order valence-corrected chi connectivity index (χ2v) is 5.50. The van der Waals surface area contributed by atoms with E-state index in [1.54, 1.807) is 5.57 Å². The van der Waals surface area contributed by atoms with Crippen LogP contribution in [0, 0.1) is 11.3 Å². The van der Waals surface area contributed by atoms with Crippen LogP contribution >= 0.6 is 0 Å². The average molecular weight is 226 g/mol. The molecule has 0 heterocycles. The van der Waals surface area contributed by atoms with Crippen LogP contribution < -0.4 is 0 Å². The van der Waals surface area contributed by atoms with Crippen molar-refractivity contribution in [2.45, 2.75) is 34.1 Å². The van der Waals surface area contributed by atoms with Crippen molar-refractivity contribution in [1.29, 1.82) is 0 Å². The zero-order valence-corrected chi connectivity index (χ0v) is 11.3. The fraction of sp³-hybridized carbons (Fsp3) is 0.412. The molecule has 17 heavy (non-hydrogen) atoms. The smallest absolute Gasteiger partial charge is 0.0117 e. The highest BCUT2D eigenvalue weighted by Gasteiger charge is 2.33. The van der Waals surface area contributed by atoms with Gasteiger partial charge in [0.1, 0.15) is 0 Å². The Hall–Kier alpha value is -1.30. The summed E-state index contributed by atoms with van der Waals surface area (Å²) in [5, 5.41) is 0. The van der Waals surface area contributed by atoms with Gasteiger partial charge < -0.3 is 0 Å². The maximum Gasteiger partial charge on any atom is 0.0117 e. The summed E-state index contributed by atoms with van der Waals surface area (Å²) in [6, 6.07) is 10.7. The van der Waals surface area contributed by atoms with Gasteiger partial charge in [-0.25, -0.2) is 0 Å². The molecule has 1 unspecified atom stereocenters. The van der Waals surface area contributed by atoms with E-state index < -0.39 is 0 Å². The molecule has 0 heteroatoms. The quantitative estimate of drug-likeness (QED) is 0.674. The van der Waals surface area contributed by atoms with Gasteiger partial charge in [0, 0.05) is 5.41 Å². The number of allylic oxidation sites excluding steroid dienone is 4. The third kappa shape index (κ3) is 2.09. The van der Waals surface area contributed by atoms with Crippen molar-refractivity contribution in [3.8, 4) is 0 Å². The molecular formula is C17H22. The van der Waals surface area contributed by atoms with Gasteiger partial charge in [-0.15, -0.1) is 0 Å². The van der Waals surface area contributed by atoms with Crippen molar-refractivity contribution >= 4 is 5.57 Å². The number of hydrogen-bond acceptors (Lipinski definition) is 0. The Morgan fingerprint density at radius 1 is 1.06 bits per heavy atom. The highest BCUT2D eigenvalue weighted by molar-refractivity contribution is 5.77. The molecule has 0 aliphatic heterocycles. The molecular weight excluding hydrogens is 204 g/mol. The molecule has 0 radical (unpaired) electrons. The fourth-order valence-corrected chi connectivity index (χ4v) is 2.82. The lowest BCUT2D eigenvalue weighted by Crippen LogP contribution is -2.18. The molecule has 1 aliphatic carbocycles. The van der Waals surface area contributed by atoms with E-state index in [4.69, 9.17) is 0 Å².